The van der Waals surface area contributed by atoms with Gasteiger partial charge in [-0.3, -0.25) is 0 Å². The quantitative estimate of drug-likeness (QED) is 0.130. The van der Waals surface area contributed by atoms with E-state index in [0.717, 1.165) is 6.42 Å². The standard InChI is InChI=1S/C18H33I/c1-2-3-4-5-6-7-8-9-10-11-12-13-14-15-16-17-18-19/h6-7,9-10H,2-5,8,11-18H2,1H3/b7-6+,10-9+. The lowest BCUT2D eigenvalue weighted by atomic mass is 10.1. The average molecular weight is 376 g/mol. The Morgan fingerprint density at radius 1 is 0.632 bits per heavy atom. The van der Waals surface area contributed by atoms with Crippen LogP contribution in [0.4, 0.5) is 0 Å². The Morgan fingerprint density at radius 2 is 1.16 bits per heavy atom. The van der Waals surface area contributed by atoms with Crippen molar-refractivity contribution in [3.63, 3.8) is 0 Å². The van der Waals surface area contributed by atoms with Crippen LogP contribution in [0.2, 0.25) is 0 Å². The van der Waals surface area contributed by atoms with Crippen LogP contribution in [0.25, 0.3) is 0 Å². The van der Waals surface area contributed by atoms with Gasteiger partial charge in [0.05, 0.1) is 0 Å². The molecule has 1 heteroatoms. The van der Waals surface area contributed by atoms with E-state index in [2.05, 4.69) is 53.8 Å². The summed E-state index contributed by atoms with van der Waals surface area (Å²) in [5.74, 6) is 0. The highest BCUT2D eigenvalue weighted by Crippen LogP contribution is 2.08. The number of allylic oxidation sites excluding steroid dienone is 4. The van der Waals surface area contributed by atoms with Crippen molar-refractivity contribution in [1.29, 1.82) is 0 Å². The first-order valence-electron chi connectivity index (χ1n) is 8.27. The summed E-state index contributed by atoms with van der Waals surface area (Å²) in [6, 6.07) is 0. The van der Waals surface area contributed by atoms with Gasteiger partial charge in [0.1, 0.15) is 0 Å². The molecule has 0 radical (unpaired) electrons. The first-order chi connectivity index (χ1) is 9.41. The fourth-order valence-electron chi connectivity index (χ4n) is 2.08. The predicted octanol–water partition coefficient (Wildman–Crippen LogP) is 7.23. The van der Waals surface area contributed by atoms with Crippen LogP contribution < -0.4 is 0 Å². The molecule has 0 aliphatic carbocycles. The molecule has 0 aromatic carbocycles. The normalized spacial score (nSPS) is 11.9. The van der Waals surface area contributed by atoms with E-state index in [0.29, 0.717) is 0 Å². The Balaban J connectivity index is 3.12. The molecular formula is C18H33I. The van der Waals surface area contributed by atoms with E-state index in [1.54, 1.807) is 0 Å². The molecule has 0 heterocycles. The molecule has 0 rings (SSSR count). The van der Waals surface area contributed by atoms with Gasteiger partial charge in [-0.2, -0.15) is 0 Å². The lowest BCUT2D eigenvalue weighted by molar-refractivity contribution is 0.614. The number of halogens is 1. The van der Waals surface area contributed by atoms with Crippen LogP contribution >= 0.6 is 22.6 Å². The summed E-state index contributed by atoms with van der Waals surface area (Å²) in [6.45, 7) is 2.26. The molecule has 0 aliphatic heterocycles. The number of hydrogen-bond donors (Lipinski definition) is 0. The third-order valence-electron chi connectivity index (χ3n) is 3.33. The van der Waals surface area contributed by atoms with E-state index in [4.69, 9.17) is 0 Å². The minimum atomic E-state index is 1.13. The second-order valence-corrected chi connectivity index (χ2v) is 6.35. The number of alkyl halides is 1. The van der Waals surface area contributed by atoms with Gasteiger partial charge in [0.15, 0.2) is 0 Å². The lowest BCUT2D eigenvalue weighted by Gasteiger charge is -1.98. The summed E-state index contributed by atoms with van der Waals surface area (Å²) in [4.78, 5) is 0. The molecule has 0 atom stereocenters. The average Bonchev–Trinajstić information content (AvgIpc) is 2.43. The molecule has 0 saturated heterocycles. The van der Waals surface area contributed by atoms with Gasteiger partial charge in [0, 0.05) is 0 Å². The Hall–Kier alpha value is 0.210. The van der Waals surface area contributed by atoms with E-state index < -0.39 is 0 Å². The maximum Gasteiger partial charge on any atom is -0.000473 e. The Kier molecular flexibility index (Phi) is 18.4. The zero-order chi connectivity index (χ0) is 14.0. The number of unbranched alkanes of at least 4 members (excludes halogenated alkanes) is 9. The molecule has 19 heavy (non-hydrogen) atoms. The second kappa shape index (κ2) is 18.2. The first kappa shape index (κ1) is 19.2. The Morgan fingerprint density at radius 3 is 1.74 bits per heavy atom. The highest BCUT2D eigenvalue weighted by molar-refractivity contribution is 14.1. The maximum atomic E-state index is 2.47. The molecular weight excluding hydrogens is 343 g/mol. The molecule has 0 unspecified atom stereocenters. The van der Waals surface area contributed by atoms with Crippen molar-refractivity contribution >= 4 is 22.6 Å². The van der Waals surface area contributed by atoms with E-state index in [-0.39, 0.29) is 0 Å². The highest BCUT2D eigenvalue weighted by atomic mass is 127. The predicted molar refractivity (Wildman–Crippen MR) is 98.2 cm³/mol. The topological polar surface area (TPSA) is 0 Å². The third kappa shape index (κ3) is 18.2. The molecule has 0 aliphatic rings. The summed E-state index contributed by atoms with van der Waals surface area (Å²) in [5.41, 5.74) is 0. The largest absolute Gasteiger partial charge is 0.0882 e. The molecule has 0 aromatic rings. The van der Waals surface area contributed by atoms with Crippen LogP contribution in [0.1, 0.15) is 84.0 Å². The fourth-order valence-corrected chi connectivity index (χ4v) is 2.62. The van der Waals surface area contributed by atoms with Gasteiger partial charge in [-0.15, -0.1) is 0 Å². The van der Waals surface area contributed by atoms with Gasteiger partial charge in [0.2, 0.25) is 0 Å². The molecule has 0 amide bonds. The summed E-state index contributed by atoms with van der Waals surface area (Å²) < 4.78 is 1.33. The summed E-state index contributed by atoms with van der Waals surface area (Å²) in [5, 5.41) is 0. The van der Waals surface area contributed by atoms with Crippen LogP contribution in [-0.2, 0) is 0 Å². The molecule has 0 bridgehead atoms. The van der Waals surface area contributed by atoms with Crippen LogP contribution in [-0.4, -0.2) is 4.43 Å². The van der Waals surface area contributed by atoms with Gasteiger partial charge >= 0.3 is 0 Å². The number of hydrogen-bond acceptors (Lipinski definition) is 0. The molecule has 0 saturated carbocycles. The van der Waals surface area contributed by atoms with Crippen molar-refractivity contribution < 1.29 is 0 Å². The van der Waals surface area contributed by atoms with Gasteiger partial charge in [-0.1, -0.05) is 92.3 Å². The molecule has 0 spiro atoms. The van der Waals surface area contributed by atoms with Crippen molar-refractivity contribution in [2.45, 2.75) is 84.0 Å². The van der Waals surface area contributed by atoms with Crippen LogP contribution in [0.15, 0.2) is 24.3 Å². The SMILES string of the molecule is CCCCC/C=C/C/C=C/CCCCCCCCI. The second-order valence-electron chi connectivity index (χ2n) is 5.27. The molecule has 112 valence electrons. The fraction of sp³-hybridized carbons (Fsp3) is 0.778. The van der Waals surface area contributed by atoms with E-state index >= 15 is 0 Å². The minimum absolute atomic E-state index is 1.13. The summed E-state index contributed by atoms with van der Waals surface area (Å²) >= 11 is 2.47. The van der Waals surface area contributed by atoms with Gasteiger partial charge in [0.25, 0.3) is 0 Å². The van der Waals surface area contributed by atoms with E-state index in [1.807, 2.05) is 0 Å². The van der Waals surface area contributed by atoms with Gasteiger partial charge in [-0.05, 0) is 43.0 Å². The van der Waals surface area contributed by atoms with E-state index in [1.165, 1.54) is 75.1 Å². The van der Waals surface area contributed by atoms with Crippen molar-refractivity contribution in [1.82, 2.24) is 0 Å². The van der Waals surface area contributed by atoms with Gasteiger partial charge in [-0.25, -0.2) is 0 Å². The highest BCUT2D eigenvalue weighted by Gasteiger charge is 1.89. The van der Waals surface area contributed by atoms with E-state index in [9.17, 15) is 0 Å². The smallest absolute Gasteiger partial charge is 0.000473 e. The van der Waals surface area contributed by atoms with Crippen molar-refractivity contribution in [3.05, 3.63) is 24.3 Å². The third-order valence-corrected chi connectivity index (χ3v) is 4.10. The van der Waals surface area contributed by atoms with Crippen LogP contribution in [0.3, 0.4) is 0 Å². The molecule has 0 aromatic heterocycles. The zero-order valence-electron chi connectivity index (χ0n) is 12.9. The maximum absolute atomic E-state index is 2.47. The van der Waals surface area contributed by atoms with Gasteiger partial charge < -0.3 is 0 Å². The Bertz CT molecular complexity index is 206. The van der Waals surface area contributed by atoms with Crippen molar-refractivity contribution in [2.24, 2.45) is 0 Å². The summed E-state index contributed by atoms with van der Waals surface area (Å²) in [7, 11) is 0. The Labute approximate surface area is 135 Å². The minimum Gasteiger partial charge on any atom is -0.0882 e. The lowest BCUT2D eigenvalue weighted by Crippen LogP contribution is -1.80. The van der Waals surface area contributed by atoms with Crippen molar-refractivity contribution in [3.8, 4) is 0 Å². The van der Waals surface area contributed by atoms with Crippen LogP contribution in [0, 0.1) is 0 Å². The summed E-state index contributed by atoms with van der Waals surface area (Å²) in [6.07, 6.45) is 25.6. The van der Waals surface area contributed by atoms with Crippen LogP contribution in [0.5, 0.6) is 0 Å². The molecule has 0 N–H and O–H groups in total. The van der Waals surface area contributed by atoms with Crippen molar-refractivity contribution in [2.75, 3.05) is 4.43 Å². The molecule has 0 fully saturated rings. The number of rotatable bonds is 14. The zero-order valence-corrected chi connectivity index (χ0v) is 15.0. The monoisotopic (exact) mass is 376 g/mol. The molecule has 0 nitrogen and oxygen atoms in total. The first-order valence-corrected chi connectivity index (χ1v) is 9.80.